The largest absolute Gasteiger partial charge is 0.353 e. The summed E-state index contributed by atoms with van der Waals surface area (Å²) in [6, 6.07) is 31.8. The predicted molar refractivity (Wildman–Crippen MR) is 167 cm³/mol. The number of ketones is 1. The van der Waals surface area contributed by atoms with Crippen molar-refractivity contribution in [2.45, 2.75) is 83.3 Å². The molecule has 1 unspecified atom stereocenters. The molecule has 1 aliphatic rings. The number of hydrogen-bond acceptors (Lipinski definition) is 3. The Morgan fingerprint density at radius 3 is 1.67 bits per heavy atom. The van der Waals surface area contributed by atoms with Crippen LogP contribution >= 0.6 is 6.89 Å². The molecule has 4 rings (SSSR count). The fraction of sp³-hybridized carbons (Fsp3) is 0.429. The number of carbonyl (C=O) groups is 1. The van der Waals surface area contributed by atoms with Crippen molar-refractivity contribution in [1.82, 2.24) is 0 Å². The van der Waals surface area contributed by atoms with Gasteiger partial charge in [0, 0.05) is 19.6 Å². The molecule has 0 saturated carbocycles. The van der Waals surface area contributed by atoms with Gasteiger partial charge in [-0.2, -0.15) is 0 Å². The zero-order chi connectivity index (χ0) is 27.0. The van der Waals surface area contributed by atoms with Crippen molar-refractivity contribution in [3.05, 3.63) is 91.0 Å². The van der Waals surface area contributed by atoms with Crippen LogP contribution in [0.3, 0.4) is 0 Å². The van der Waals surface area contributed by atoms with Gasteiger partial charge >= 0.3 is 0 Å². The fourth-order valence-electron chi connectivity index (χ4n) is 5.46. The number of benzene rings is 3. The van der Waals surface area contributed by atoms with Crippen LogP contribution in [0.4, 0.5) is 0 Å². The zero-order valence-corrected chi connectivity index (χ0v) is 24.3. The lowest BCUT2D eigenvalue weighted by molar-refractivity contribution is -0.162. The maximum absolute atomic E-state index is 13.5. The van der Waals surface area contributed by atoms with E-state index in [4.69, 9.17) is 9.47 Å². The summed E-state index contributed by atoms with van der Waals surface area (Å²) < 4.78 is 11.5. The summed E-state index contributed by atoms with van der Waals surface area (Å²) in [4.78, 5) is 13.5. The van der Waals surface area contributed by atoms with E-state index in [-0.39, 0.29) is 12.1 Å². The molecule has 1 atom stereocenters. The van der Waals surface area contributed by atoms with E-state index in [1.54, 1.807) is 0 Å². The molecule has 1 heterocycles. The van der Waals surface area contributed by atoms with Gasteiger partial charge in [-0.15, -0.1) is 0 Å². The lowest BCUT2D eigenvalue weighted by atomic mass is 10.1. The van der Waals surface area contributed by atoms with E-state index in [0.29, 0.717) is 6.42 Å². The number of carbonyl (C=O) groups excluding carboxylic acids is 1. The molecule has 0 aliphatic carbocycles. The van der Waals surface area contributed by atoms with Crippen molar-refractivity contribution in [2.75, 3.05) is 13.2 Å². The smallest absolute Gasteiger partial charge is 0.157 e. The summed E-state index contributed by atoms with van der Waals surface area (Å²) in [6.07, 6.45) is 13.5. The van der Waals surface area contributed by atoms with Gasteiger partial charge in [0.1, 0.15) is 0 Å². The van der Waals surface area contributed by atoms with E-state index in [1.165, 1.54) is 60.9 Å². The van der Waals surface area contributed by atoms with E-state index < -0.39 is 6.89 Å². The topological polar surface area (TPSA) is 35.5 Å². The molecule has 0 bridgehead atoms. The van der Waals surface area contributed by atoms with Gasteiger partial charge in [0.2, 0.25) is 0 Å². The van der Waals surface area contributed by atoms with Crippen molar-refractivity contribution in [3.8, 4) is 0 Å². The molecular formula is C35H45O3P. The molecule has 4 heteroatoms. The van der Waals surface area contributed by atoms with E-state index in [2.05, 4.69) is 96.8 Å². The first-order valence-electron chi connectivity index (χ1n) is 15.0. The molecule has 0 amide bonds. The molecule has 208 valence electrons. The van der Waals surface area contributed by atoms with Gasteiger partial charge in [-0.05, 0) is 60.7 Å². The van der Waals surface area contributed by atoms with Crippen LogP contribution in [0.2, 0.25) is 0 Å². The number of Topliss-reactive ketones (excluding diaryl/α,β-unsaturated/α-hetero) is 1. The third kappa shape index (κ3) is 9.04. The molecule has 1 aliphatic heterocycles. The van der Waals surface area contributed by atoms with Crippen molar-refractivity contribution in [3.63, 3.8) is 0 Å². The SMILES string of the molecule is O=C(C=P(c1ccccc1)(c1ccccc1)c1ccccc1)CCCCCCCCCCOC1CCCCO1. The predicted octanol–water partition coefficient (Wildman–Crippen LogP) is 7.41. The highest BCUT2D eigenvalue weighted by Gasteiger charge is 2.26. The monoisotopic (exact) mass is 544 g/mol. The van der Waals surface area contributed by atoms with Crippen molar-refractivity contribution in [2.24, 2.45) is 0 Å². The molecule has 1 saturated heterocycles. The number of ether oxygens (including phenoxy) is 2. The van der Waals surface area contributed by atoms with Crippen LogP contribution in [0, 0.1) is 0 Å². The first kappa shape index (κ1) is 29.5. The first-order chi connectivity index (χ1) is 19.3. The third-order valence-corrected chi connectivity index (χ3v) is 11.6. The number of hydrogen-bond donors (Lipinski definition) is 0. The highest BCUT2D eigenvalue weighted by atomic mass is 31.2. The first-order valence-corrected chi connectivity index (χ1v) is 16.8. The normalized spacial score (nSPS) is 15.6. The molecule has 39 heavy (non-hydrogen) atoms. The molecule has 0 N–H and O–H groups in total. The second-order valence-corrected chi connectivity index (χ2v) is 13.8. The van der Waals surface area contributed by atoms with Gasteiger partial charge in [0.25, 0.3) is 0 Å². The fourth-order valence-corrected chi connectivity index (χ4v) is 9.29. The number of unbranched alkanes of at least 4 members (excludes halogenated alkanes) is 7. The highest BCUT2D eigenvalue weighted by molar-refractivity contribution is 7.95. The Morgan fingerprint density at radius 2 is 1.18 bits per heavy atom. The van der Waals surface area contributed by atoms with Gasteiger partial charge in [-0.25, -0.2) is 0 Å². The molecule has 1 fully saturated rings. The lowest BCUT2D eigenvalue weighted by Crippen LogP contribution is -2.28. The summed E-state index contributed by atoms with van der Waals surface area (Å²) in [6.45, 7) is -0.518. The Bertz CT molecular complexity index is 1030. The highest BCUT2D eigenvalue weighted by Crippen LogP contribution is 2.43. The van der Waals surface area contributed by atoms with Crippen molar-refractivity contribution < 1.29 is 14.3 Å². The standard InChI is InChI=1S/C35H45O3P/c36-31(20-10-5-3-1-2-4-6-18-28-37-35-27-17-19-29-38-35)30-39(32-21-11-7-12-22-32,33-23-13-8-14-24-33)34-25-15-9-16-26-34/h7-9,11-16,21-26,30,35H,1-6,10,17-20,27-29H2. The minimum Gasteiger partial charge on any atom is -0.353 e. The Labute approximate surface area is 235 Å². The Hall–Kier alpha value is -2.45. The summed E-state index contributed by atoms with van der Waals surface area (Å²) in [5, 5.41) is 3.69. The quantitative estimate of drug-likeness (QED) is 0.139. The summed E-state index contributed by atoms with van der Waals surface area (Å²) in [7, 11) is 0. The van der Waals surface area contributed by atoms with Gasteiger partial charge < -0.3 is 9.47 Å². The van der Waals surface area contributed by atoms with Crippen LogP contribution in [0.5, 0.6) is 0 Å². The van der Waals surface area contributed by atoms with Crippen molar-refractivity contribution >= 4 is 34.4 Å². The van der Waals surface area contributed by atoms with E-state index >= 15 is 0 Å². The van der Waals surface area contributed by atoms with E-state index in [0.717, 1.165) is 38.9 Å². The molecule has 3 nitrogen and oxygen atoms in total. The summed E-state index contributed by atoms with van der Waals surface area (Å²) in [5.74, 6) is 2.36. The second-order valence-electron chi connectivity index (χ2n) is 10.6. The Balaban J connectivity index is 1.26. The van der Waals surface area contributed by atoms with Gasteiger partial charge in [-0.3, -0.25) is 4.79 Å². The Kier molecular flexibility index (Phi) is 12.6. The van der Waals surface area contributed by atoms with Crippen LogP contribution in [-0.2, 0) is 14.3 Å². The maximum atomic E-state index is 13.5. The minimum atomic E-state index is -2.19. The van der Waals surface area contributed by atoms with E-state index in [9.17, 15) is 4.79 Å². The summed E-state index contributed by atoms with van der Waals surface area (Å²) in [5.41, 5.74) is 0. The van der Waals surface area contributed by atoms with E-state index in [1.807, 2.05) is 0 Å². The van der Waals surface area contributed by atoms with Gasteiger partial charge in [0.15, 0.2) is 12.1 Å². The Morgan fingerprint density at radius 1 is 0.692 bits per heavy atom. The van der Waals surface area contributed by atoms with Gasteiger partial charge in [0.05, 0.1) is 0 Å². The van der Waals surface area contributed by atoms with Gasteiger partial charge in [-0.1, -0.05) is 130 Å². The molecule has 0 radical (unpaired) electrons. The van der Waals surface area contributed by atoms with Crippen LogP contribution in [0.25, 0.3) is 0 Å². The second kappa shape index (κ2) is 16.6. The molecule has 0 spiro atoms. The van der Waals surface area contributed by atoms with Crippen LogP contribution in [0.15, 0.2) is 91.0 Å². The average Bonchev–Trinajstić information content (AvgIpc) is 3.00. The maximum Gasteiger partial charge on any atom is 0.157 e. The minimum absolute atomic E-state index is 0.0408. The lowest BCUT2D eigenvalue weighted by Gasteiger charge is -2.28. The zero-order valence-electron chi connectivity index (χ0n) is 23.4. The number of rotatable bonds is 16. The molecule has 0 aromatic heterocycles. The molecular weight excluding hydrogens is 499 g/mol. The van der Waals surface area contributed by atoms with Crippen molar-refractivity contribution in [1.29, 1.82) is 0 Å². The van der Waals surface area contributed by atoms with Crippen LogP contribution in [-0.4, -0.2) is 31.1 Å². The summed E-state index contributed by atoms with van der Waals surface area (Å²) >= 11 is 0. The third-order valence-electron chi connectivity index (χ3n) is 7.59. The van der Waals surface area contributed by atoms with Crippen LogP contribution < -0.4 is 15.9 Å². The molecule has 3 aromatic carbocycles. The van der Waals surface area contributed by atoms with Crippen LogP contribution in [0.1, 0.15) is 77.0 Å². The molecule has 3 aromatic rings. The average molecular weight is 545 g/mol.